The van der Waals surface area contributed by atoms with Gasteiger partial charge < -0.3 is 14.2 Å². The van der Waals surface area contributed by atoms with Gasteiger partial charge in [-0.05, 0) is 61.0 Å². The SMILES string of the molecule is COc1cc(/C=N\NC(=O)COc2ccc(Cl)cc2Cl)ccc1OC(=O)c1ccc(C)cc1. The number of aryl methyl sites for hydroxylation is 1. The number of hydrogen-bond donors (Lipinski definition) is 1. The molecule has 0 aliphatic carbocycles. The average Bonchev–Trinajstić information content (AvgIpc) is 2.79. The number of methoxy groups -OCH3 is 1. The molecule has 0 saturated carbocycles. The van der Waals surface area contributed by atoms with Crippen LogP contribution in [0.25, 0.3) is 0 Å². The third-order valence-corrected chi connectivity index (χ3v) is 4.86. The Morgan fingerprint density at radius 3 is 2.39 bits per heavy atom. The van der Waals surface area contributed by atoms with Crippen LogP contribution in [0.2, 0.25) is 10.0 Å². The Morgan fingerprint density at radius 2 is 1.70 bits per heavy atom. The Labute approximate surface area is 200 Å². The summed E-state index contributed by atoms with van der Waals surface area (Å²) in [4.78, 5) is 24.3. The first-order valence-corrected chi connectivity index (χ1v) is 10.5. The highest BCUT2D eigenvalue weighted by Crippen LogP contribution is 2.29. The van der Waals surface area contributed by atoms with E-state index in [1.54, 1.807) is 42.5 Å². The number of rotatable bonds is 8. The lowest BCUT2D eigenvalue weighted by molar-refractivity contribution is -0.123. The van der Waals surface area contributed by atoms with Crippen LogP contribution in [0.15, 0.2) is 65.8 Å². The van der Waals surface area contributed by atoms with E-state index in [1.165, 1.54) is 19.4 Å². The zero-order valence-electron chi connectivity index (χ0n) is 17.8. The van der Waals surface area contributed by atoms with E-state index in [4.69, 9.17) is 37.4 Å². The van der Waals surface area contributed by atoms with Crippen molar-refractivity contribution in [2.75, 3.05) is 13.7 Å². The van der Waals surface area contributed by atoms with Gasteiger partial charge in [0.25, 0.3) is 5.91 Å². The van der Waals surface area contributed by atoms with E-state index in [-0.39, 0.29) is 12.4 Å². The molecule has 3 aromatic carbocycles. The van der Waals surface area contributed by atoms with E-state index in [0.717, 1.165) is 5.56 Å². The number of nitrogens with one attached hydrogen (secondary N) is 1. The van der Waals surface area contributed by atoms with Crippen molar-refractivity contribution in [2.45, 2.75) is 6.92 Å². The maximum Gasteiger partial charge on any atom is 0.343 e. The quantitative estimate of drug-likeness (QED) is 0.208. The van der Waals surface area contributed by atoms with Crippen LogP contribution in [0.1, 0.15) is 21.5 Å². The number of carbonyl (C=O) groups is 2. The van der Waals surface area contributed by atoms with Gasteiger partial charge in [-0.25, -0.2) is 10.2 Å². The number of hydrogen-bond acceptors (Lipinski definition) is 6. The summed E-state index contributed by atoms with van der Waals surface area (Å²) in [7, 11) is 1.46. The van der Waals surface area contributed by atoms with Crippen molar-refractivity contribution in [1.82, 2.24) is 5.43 Å². The van der Waals surface area contributed by atoms with Crippen LogP contribution in [0.5, 0.6) is 17.2 Å². The number of carbonyl (C=O) groups excluding carboxylic acids is 2. The molecule has 170 valence electrons. The molecule has 0 unspecified atom stereocenters. The molecule has 0 radical (unpaired) electrons. The second-order valence-electron chi connectivity index (χ2n) is 6.82. The summed E-state index contributed by atoms with van der Waals surface area (Å²) in [6, 6.07) is 16.6. The van der Waals surface area contributed by atoms with E-state index < -0.39 is 11.9 Å². The van der Waals surface area contributed by atoms with Crippen molar-refractivity contribution in [3.63, 3.8) is 0 Å². The van der Waals surface area contributed by atoms with Crippen molar-refractivity contribution in [2.24, 2.45) is 5.10 Å². The smallest absolute Gasteiger partial charge is 0.343 e. The molecular formula is C24H20Cl2N2O5. The van der Waals surface area contributed by atoms with Crippen LogP contribution in [-0.2, 0) is 4.79 Å². The molecule has 0 atom stereocenters. The number of benzene rings is 3. The molecule has 0 spiro atoms. The third-order valence-electron chi connectivity index (χ3n) is 4.33. The van der Waals surface area contributed by atoms with Gasteiger partial charge in [-0.1, -0.05) is 40.9 Å². The highest BCUT2D eigenvalue weighted by atomic mass is 35.5. The Kier molecular flexibility index (Phi) is 8.29. The number of esters is 1. The summed E-state index contributed by atoms with van der Waals surface area (Å²) >= 11 is 11.8. The zero-order chi connectivity index (χ0) is 23.8. The van der Waals surface area contributed by atoms with Crippen molar-refractivity contribution >= 4 is 41.3 Å². The first-order chi connectivity index (χ1) is 15.9. The van der Waals surface area contributed by atoms with Crippen molar-refractivity contribution in [3.8, 4) is 17.2 Å². The lowest BCUT2D eigenvalue weighted by Crippen LogP contribution is -2.24. The van der Waals surface area contributed by atoms with Gasteiger partial charge in [-0.3, -0.25) is 4.79 Å². The monoisotopic (exact) mass is 486 g/mol. The first-order valence-electron chi connectivity index (χ1n) is 9.72. The summed E-state index contributed by atoms with van der Waals surface area (Å²) in [5.74, 6) is -0.0414. The predicted molar refractivity (Wildman–Crippen MR) is 127 cm³/mol. The summed E-state index contributed by atoms with van der Waals surface area (Å²) in [5, 5.41) is 4.66. The van der Waals surface area contributed by atoms with E-state index in [1.807, 2.05) is 19.1 Å². The largest absolute Gasteiger partial charge is 0.493 e. The molecule has 0 aromatic heterocycles. The maximum absolute atomic E-state index is 12.3. The molecule has 9 heteroatoms. The van der Waals surface area contributed by atoms with Crippen molar-refractivity contribution < 1.29 is 23.8 Å². The molecule has 0 aliphatic rings. The summed E-state index contributed by atoms with van der Waals surface area (Å²) < 4.78 is 16.1. The van der Waals surface area contributed by atoms with Crippen LogP contribution in [0.4, 0.5) is 0 Å². The molecule has 3 rings (SSSR count). The van der Waals surface area contributed by atoms with Gasteiger partial charge in [0.15, 0.2) is 18.1 Å². The van der Waals surface area contributed by atoms with Crippen LogP contribution in [0, 0.1) is 6.92 Å². The summed E-state index contributed by atoms with van der Waals surface area (Å²) in [6.07, 6.45) is 1.42. The minimum absolute atomic E-state index is 0.262. The Morgan fingerprint density at radius 1 is 0.970 bits per heavy atom. The molecule has 0 fully saturated rings. The molecule has 0 heterocycles. The van der Waals surface area contributed by atoms with Crippen LogP contribution >= 0.6 is 23.2 Å². The van der Waals surface area contributed by atoms with Gasteiger partial charge in [0.2, 0.25) is 0 Å². The number of hydrazone groups is 1. The third kappa shape index (κ3) is 6.97. The lowest BCUT2D eigenvalue weighted by Gasteiger charge is -2.10. The van der Waals surface area contributed by atoms with Crippen molar-refractivity contribution in [3.05, 3.63) is 87.4 Å². The molecule has 0 bridgehead atoms. The standard InChI is InChI=1S/C24H20Cl2N2O5/c1-15-3-6-17(7-4-15)24(30)33-21-9-5-16(11-22(21)31-2)13-27-28-23(29)14-32-20-10-8-18(25)12-19(20)26/h3-13H,14H2,1-2H3,(H,28,29)/b27-13-. The minimum Gasteiger partial charge on any atom is -0.493 e. The van der Waals surface area contributed by atoms with Crippen LogP contribution in [-0.4, -0.2) is 31.8 Å². The van der Waals surface area contributed by atoms with E-state index in [2.05, 4.69) is 10.5 Å². The second kappa shape index (κ2) is 11.4. The van der Waals surface area contributed by atoms with E-state index in [0.29, 0.717) is 32.7 Å². The normalized spacial score (nSPS) is 10.7. The zero-order valence-corrected chi connectivity index (χ0v) is 19.3. The fourth-order valence-electron chi connectivity index (χ4n) is 2.64. The molecule has 0 saturated heterocycles. The molecule has 33 heavy (non-hydrogen) atoms. The topological polar surface area (TPSA) is 86.2 Å². The molecule has 7 nitrogen and oxygen atoms in total. The summed E-state index contributed by atoms with van der Waals surface area (Å²) in [6.45, 7) is 1.65. The number of amides is 1. The second-order valence-corrected chi connectivity index (χ2v) is 7.67. The Bertz CT molecular complexity index is 1180. The highest BCUT2D eigenvalue weighted by Gasteiger charge is 2.13. The number of ether oxygens (including phenoxy) is 3. The van der Waals surface area contributed by atoms with Gasteiger partial charge >= 0.3 is 5.97 Å². The molecule has 3 aromatic rings. The minimum atomic E-state index is -0.497. The number of halogens is 2. The van der Waals surface area contributed by atoms with Gasteiger partial charge in [0, 0.05) is 5.02 Å². The molecule has 1 amide bonds. The van der Waals surface area contributed by atoms with E-state index >= 15 is 0 Å². The highest BCUT2D eigenvalue weighted by molar-refractivity contribution is 6.35. The van der Waals surface area contributed by atoms with Gasteiger partial charge in [0.05, 0.1) is 23.9 Å². The fraction of sp³-hybridized carbons (Fsp3) is 0.125. The lowest BCUT2D eigenvalue weighted by atomic mass is 10.1. The Balaban J connectivity index is 1.56. The van der Waals surface area contributed by atoms with Crippen LogP contribution < -0.4 is 19.6 Å². The average molecular weight is 487 g/mol. The molecule has 0 aliphatic heterocycles. The van der Waals surface area contributed by atoms with Gasteiger partial charge in [-0.15, -0.1) is 0 Å². The van der Waals surface area contributed by atoms with Crippen LogP contribution in [0.3, 0.4) is 0 Å². The number of nitrogens with zero attached hydrogens (tertiary/aromatic N) is 1. The van der Waals surface area contributed by atoms with Gasteiger partial charge in [0.1, 0.15) is 5.75 Å². The van der Waals surface area contributed by atoms with Crippen molar-refractivity contribution in [1.29, 1.82) is 0 Å². The molecular weight excluding hydrogens is 467 g/mol. The Hall–Kier alpha value is -3.55. The maximum atomic E-state index is 12.3. The van der Waals surface area contributed by atoms with E-state index in [9.17, 15) is 9.59 Å². The summed E-state index contributed by atoms with van der Waals surface area (Å²) in [5.41, 5.74) is 4.44. The molecule has 1 N–H and O–H groups in total. The fourth-order valence-corrected chi connectivity index (χ4v) is 3.11. The van der Waals surface area contributed by atoms with Gasteiger partial charge in [-0.2, -0.15) is 5.10 Å². The first kappa shape index (κ1) is 24.1. The predicted octanol–water partition coefficient (Wildman–Crippen LogP) is 5.06.